The zero-order chi connectivity index (χ0) is 17.5. The molecule has 0 spiro atoms. The van der Waals surface area contributed by atoms with Crippen LogP contribution in [0, 0.1) is 5.92 Å². The summed E-state index contributed by atoms with van der Waals surface area (Å²) in [5.74, 6) is -0.0276. The Morgan fingerprint density at radius 1 is 1.38 bits per heavy atom. The highest BCUT2D eigenvalue weighted by atomic mass is 16.7. The van der Waals surface area contributed by atoms with E-state index in [4.69, 9.17) is 14.2 Å². The smallest absolute Gasteiger partial charge is 0.338 e. The van der Waals surface area contributed by atoms with Gasteiger partial charge in [-0.3, -0.25) is 0 Å². The molecular formula is C20H28O4. The van der Waals surface area contributed by atoms with Crippen molar-refractivity contribution in [2.45, 2.75) is 64.6 Å². The molecule has 24 heavy (non-hydrogen) atoms. The van der Waals surface area contributed by atoms with Crippen molar-refractivity contribution in [2.75, 3.05) is 0 Å². The van der Waals surface area contributed by atoms with Gasteiger partial charge in [-0.2, -0.15) is 0 Å². The highest BCUT2D eigenvalue weighted by Crippen LogP contribution is 2.29. The molecule has 1 aliphatic heterocycles. The third-order valence-corrected chi connectivity index (χ3v) is 4.47. The molecule has 4 heteroatoms. The minimum Gasteiger partial charge on any atom is -0.453 e. The lowest BCUT2D eigenvalue weighted by Gasteiger charge is -2.39. The topological polar surface area (TPSA) is 44.8 Å². The molecule has 0 N–H and O–H groups in total. The van der Waals surface area contributed by atoms with E-state index in [9.17, 15) is 4.79 Å². The third-order valence-electron chi connectivity index (χ3n) is 4.47. The van der Waals surface area contributed by atoms with Crippen LogP contribution in [-0.2, 0) is 14.2 Å². The fraction of sp³-hybridized carbons (Fsp3) is 0.550. The SMILES string of the molecule is C=CCC[C@@H](C)O[C@@H]1OC(C)[C@H](C)CC1OC(=O)c1ccccc1. The van der Waals surface area contributed by atoms with Crippen molar-refractivity contribution in [3.05, 3.63) is 48.6 Å². The standard InChI is InChI=1S/C20H28O4/c1-5-6-10-15(3)22-20-18(13-14(2)16(4)23-20)24-19(21)17-11-8-7-9-12-17/h5,7-9,11-12,14-16,18,20H,1,6,10,13H2,2-4H3/t14-,15-,16?,18?,20-/m1/s1. The number of carbonyl (C=O) groups excluding carboxylic acids is 1. The molecule has 0 aromatic heterocycles. The second-order valence-corrected chi connectivity index (χ2v) is 6.55. The number of esters is 1. The molecule has 0 saturated carbocycles. The van der Waals surface area contributed by atoms with Gasteiger partial charge in [-0.15, -0.1) is 6.58 Å². The van der Waals surface area contributed by atoms with E-state index in [0.717, 1.165) is 19.3 Å². The van der Waals surface area contributed by atoms with E-state index < -0.39 is 12.4 Å². The van der Waals surface area contributed by atoms with Crippen LogP contribution in [0.2, 0.25) is 0 Å². The van der Waals surface area contributed by atoms with Crippen LogP contribution in [0.15, 0.2) is 43.0 Å². The van der Waals surface area contributed by atoms with Gasteiger partial charge in [0, 0.05) is 0 Å². The predicted octanol–water partition coefficient (Wildman–Crippen LogP) is 4.35. The van der Waals surface area contributed by atoms with Gasteiger partial charge in [-0.25, -0.2) is 4.79 Å². The van der Waals surface area contributed by atoms with Gasteiger partial charge in [0.05, 0.1) is 17.8 Å². The van der Waals surface area contributed by atoms with Gasteiger partial charge < -0.3 is 14.2 Å². The second-order valence-electron chi connectivity index (χ2n) is 6.55. The normalized spacial score (nSPS) is 28.1. The largest absolute Gasteiger partial charge is 0.453 e. The summed E-state index contributed by atoms with van der Waals surface area (Å²) in [5.41, 5.74) is 0.544. The second kappa shape index (κ2) is 9.00. The summed E-state index contributed by atoms with van der Waals surface area (Å²) in [7, 11) is 0. The van der Waals surface area contributed by atoms with Crippen LogP contribution >= 0.6 is 0 Å². The van der Waals surface area contributed by atoms with Crippen LogP contribution in [-0.4, -0.2) is 30.6 Å². The highest BCUT2D eigenvalue weighted by Gasteiger charge is 2.38. The van der Waals surface area contributed by atoms with Gasteiger partial charge >= 0.3 is 5.97 Å². The zero-order valence-corrected chi connectivity index (χ0v) is 14.8. The maximum atomic E-state index is 12.4. The maximum absolute atomic E-state index is 12.4. The quantitative estimate of drug-likeness (QED) is 0.550. The van der Waals surface area contributed by atoms with Crippen LogP contribution in [0.1, 0.15) is 50.4 Å². The molecule has 1 saturated heterocycles. The molecule has 1 aliphatic rings. The minimum atomic E-state index is -0.524. The molecule has 1 heterocycles. The fourth-order valence-corrected chi connectivity index (χ4v) is 2.76. The van der Waals surface area contributed by atoms with Gasteiger partial charge in [0.15, 0.2) is 12.4 Å². The first kappa shape index (κ1) is 18.7. The molecule has 0 radical (unpaired) electrons. The van der Waals surface area contributed by atoms with Gasteiger partial charge in [0.1, 0.15) is 0 Å². The van der Waals surface area contributed by atoms with Crippen molar-refractivity contribution < 1.29 is 19.0 Å². The molecule has 1 aromatic carbocycles. The highest BCUT2D eigenvalue weighted by molar-refractivity contribution is 5.89. The summed E-state index contributed by atoms with van der Waals surface area (Å²) < 4.78 is 17.7. The Morgan fingerprint density at radius 3 is 2.75 bits per heavy atom. The first-order valence-corrected chi connectivity index (χ1v) is 8.69. The van der Waals surface area contributed by atoms with E-state index >= 15 is 0 Å². The van der Waals surface area contributed by atoms with E-state index in [-0.39, 0.29) is 18.2 Å². The molecule has 2 rings (SSSR count). The Hall–Kier alpha value is -1.65. The molecule has 0 aliphatic carbocycles. The van der Waals surface area contributed by atoms with Gasteiger partial charge in [-0.05, 0) is 51.2 Å². The van der Waals surface area contributed by atoms with E-state index in [1.54, 1.807) is 12.1 Å². The number of hydrogen-bond donors (Lipinski definition) is 0. The van der Waals surface area contributed by atoms with E-state index in [2.05, 4.69) is 13.5 Å². The van der Waals surface area contributed by atoms with Crippen LogP contribution in [0.25, 0.3) is 0 Å². The molecule has 2 unspecified atom stereocenters. The Labute approximate surface area is 144 Å². The molecule has 0 bridgehead atoms. The molecular weight excluding hydrogens is 304 g/mol. The number of rotatable bonds is 7. The molecule has 0 amide bonds. The van der Waals surface area contributed by atoms with Crippen molar-refractivity contribution >= 4 is 5.97 Å². The summed E-state index contributed by atoms with van der Waals surface area (Å²) in [5, 5.41) is 0. The molecule has 1 fully saturated rings. The zero-order valence-electron chi connectivity index (χ0n) is 14.8. The first-order chi connectivity index (χ1) is 11.5. The molecule has 132 valence electrons. The Bertz CT molecular complexity index is 528. The van der Waals surface area contributed by atoms with Crippen LogP contribution < -0.4 is 0 Å². The summed E-state index contributed by atoms with van der Waals surface area (Å²) in [4.78, 5) is 12.4. The molecule has 4 nitrogen and oxygen atoms in total. The lowest BCUT2D eigenvalue weighted by molar-refractivity contribution is -0.262. The van der Waals surface area contributed by atoms with Gasteiger partial charge in [0.25, 0.3) is 0 Å². The summed E-state index contributed by atoms with van der Waals surface area (Å²) in [6.07, 6.45) is 3.54. The Balaban J connectivity index is 2.02. The van der Waals surface area contributed by atoms with Gasteiger partial charge in [-0.1, -0.05) is 31.2 Å². The summed E-state index contributed by atoms with van der Waals surface area (Å²) in [6.45, 7) is 9.87. The van der Waals surface area contributed by atoms with E-state index in [1.807, 2.05) is 38.1 Å². The lowest BCUT2D eigenvalue weighted by atomic mass is 9.95. The van der Waals surface area contributed by atoms with Crippen LogP contribution in [0.4, 0.5) is 0 Å². The van der Waals surface area contributed by atoms with E-state index in [1.165, 1.54) is 0 Å². The lowest BCUT2D eigenvalue weighted by Crippen LogP contribution is -2.47. The fourth-order valence-electron chi connectivity index (χ4n) is 2.76. The van der Waals surface area contributed by atoms with Gasteiger partial charge in [0.2, 0.25) is 0 Å². The van der Waals surface area contributed by atoms with Crippen molar-refractivity contribution in [1.82, 2.24) is 0 Å². The number of carbonyl (C=O) groups is 1. The van der Waals surface area contributed by atoms with Crippen molar-refractivity contribution in [1.29, 1.82) is 0 Å². The summed E-state index contributed by atoms with van der Waals surface area (Å²) in [6, 6.07) is 9.02. The number of benzene rings is 1. The molecule has 1 aromatic rings. The first-order valence-electron chi connectivity index (χ1n) is 8.69. The van der Waals surface area contributed by atoms with Crippen LogP contribution in [0.3, 0.4) is 0 Å². The molecule has 5 atom stereocenters. The van der Waals surface area contributed by atoms with E-state index in [0.29, 0.717) is 11.5 Å². The number of allylic oxidation sites excluding steroid dienone is 1. The minimum absolute atomic E-state index is 0.0199. The number of ether oxygens (including phenoxy) is 3. The van der Waals surface area contributed by atoms with Crippen molar-refractivity contribution in [2.24, 2.45) is 5.92 Å². The third kappa shape index (κ3) is 5.18. The van der Waals surface area contributed by atoms with Crippen LogP contribution in [0.5, 0.6) is 0 Å². The predicted molar refractivity (Wildman–Crippen MR) is 93.7 cm³/mol. The Kier molecular flexibility index (Phi) is 7.00. The maximum Gasteiger partial charge on any atom is 0.338 e. The van der Waals surface area contributed by atoms with Crippen molar-refractivity contribution in [3.8, 4) is 0 Å². The number of hydrogen-bond acceptors (Lipinski definition) is 4. The average Bonchev–Trinajstić information content (AvgIpc) is 2.58. The average molecular weight is 332 g/mol. The van der Waals surface area contributed by atoms with Crippen molar-refractivity contribution in [3.63, 3.8) is 0 Å². The monoisotopic (exact) mass is 332 g/mol. The summed E-state index contributed by atoms with van der Waals surface area (Å²) >= 11 is 0. The Morgan fingerprint density at radius 2 is 2.08 bits per heavy atom.